The second-order valence-electron chi connectivity index (χ2n) is 34.6. The molecule has 2 aromatic carbocycles. The number of halogens is 2. The quantitative estimate of drug-likeness (QED) is 0.0385. The highest BCUT2D eigenvalue weighted by Gasteiger charge is 2.59. The SMILES string of the molecule is CC[C@H](C)[C@@H]([C@@H](CC(=O)N1[C@H]2C[C@H]2C[C@H]1[C@H](OC)[C@@H](C)C(=O)N[C@@H](Cc1ccccc1F)C(=O)O)OC)N(C)C(=O)[C@@H](CC(=O)[C@@H](NC)C(C)C)C(C)C.CC[C@H](C)[C@@H]([C@@H](CC(=O)N1[C@H]2C[C@H]2C[C@H]1[C@H](OC)[C@@H](C)C(=O)N[C@@H](Cc1ccccc1F)C(=O)OC(C)(C)C)OC)N(C)C(=O)[C@@H](CC(=O)[C@@H](NC)C(C)C)C(C)C. The lowest BCUT2D eigenvalue weighted by atomic mass is 9.84. The number of carbonyl (C=O) groups excluding carboxylic acids is 9. The van der Waals surface area contributed by atoms with Gasteiger partial charge in [-0.1, -0.05) is 146 Å². The first-order valence-corrected chi connectivity index (χ1v) is 40.7. The summed E-state index contributed by atoms with van der Waals surface area (Å²) in [6, 6.07) is 6.89. The number of carbonyl (C=O) groups is 10. The number of likely N-dealkylation sites (N-methyl/N-ethyl adjacent to an activating group) is 4. The third kappa shape index (κ3) is 24.8. The number of piperidine rings is 2. The van der Waals surface area contributed by atoms with Crippen LogP contribution >= 0.6 is 0 Å². The van der Waals surface area contributed by atoms with Crippen LogP contribution in [0.15, 0.2) is 48.5 Å². The van der Waals surface area contributed by atoms with Crippen LogP contribution in [0.1, 0.15) is 193 Å². The number of hydrogen-bond acceptors (Lipinski definition) is 17. The van der Waals surface area contributed by atoms with Crippen LogP contribution in [-0.2, 0) is 84.5 Å². The van der Waals surface area contributed by atoms with Crippen LogP contribution in [0.5, 0.6) is 0 Å². The molecule has 2 aliphatic carbocycles. The number of esters is 1. The molecule has 4 fully saturated rings. The monoisotopic (exact) mass is 1580 g/mol. The number of benzene rings is 2. The molecule has 632 valence electrons. The van der Waals surface area contributed by atoms with Crippen LogP contribution in [0.3, 0.4) is 0 Å². The molecule has 2 saturated heterocycles. The fraction of sp³-hybridized carbons (Fsp3) is 0.744. The van der Waals surface area contributed by atoms with E-state index in [1.165, 1.54) is 38.5 Å². The normalized spacial score (nSPS) is 22.2. The van der Waals surface area contributed by atoms with Gasteiger partial charge in [0.15, 0.2) is 11.6 Å². The van der Waals surface area contributed by atoms with E-state index in [0.29, 0.717) is 12.8 Å². The van der Waals surface area contributed by atoms with E-state index in [1.807, 2.05) is 92.9 Å². The minimum Gasteiger partial charge on any atom is -0.480 e. The molecular weight excluding hydrogens is 1440 g/mol. The predicted octanol–water partition coefficient (Wildman–Crippen LogP) is 9.92. The van der Waals surface area contributed by atoms with Gasteiger partial charge >= 0.3 is 11.9 Å². The van der Waals surface area contributed by atoms with Gasteiger partial charge in [0, 0.05) is 92.1 Å². The van der Waals surface area contributed by atoms with Gasteiger partial charge in [-0.3, -0.25) is 38.4 Å². The number of methoxy groups -OCH3 is 4. The van der Waals surface area contributed by atoms with Crippen LogP contribution in [-0.4, -0.2) is 231 Å². The zero-order valence-corrected chi connectivity index (χ0v) is 71.7. The van der Waals surface area contributed by atoms with Gasteiger partial charge in [-0.2, -0.15) is 0 Å². The smallest absolute Gasteiger partial charge is 0.329 e. The molecule has 6 rings (SSSR count). The van der Waals surface area contributed by atoms with Gasteiger partial charge in [-0.05, 0) is 131 Å². The summed E-state index contributed by atoms with van der Waals surface area (Å²) in [7, 11) is 13.1. The zero-order valence-electron chi connectivity index (χ0n) is 71.7. The maximum absolute atomic E-state index is 14.7. The first-order chi connectivity index (χ1) is 52.5. The van der Waals surface area contributed by atoms with Crippen LogP contribution in [0.4, 0.5) is 8.78 Å². The molecule has 0 unspecified atom stereocenters. The number of carboxylic acid groups (broad SMARTS) is 1. The highest BCUT2D eigenvalue weighted by Crippen LogP contribution is 2.52. The van der Waals surface area contributed by atoms with Crippen molar-refractivity contribution >= 4 is 58.9 Å². The van der Waals surface area contributed by atoms with Gasteiger partial charge in [0.2, 0.25) is 35.4 Å². The molecule has 5 N–H and O–H groups in total. The van der Waals surface area contributed by atoms with Crippen LogP contribution in [0.2, 0.25) is 0 Å². The lowest BCUT2D eigenvalue weighted by molar-refractivity contribution is -0.159. The maximum Gasteiger partial charge on any atom is 0.329 e. The van der Waals surface area contributed by atoms with Crippen LogP contribution in [0.25, 0.3) is 0 Å². The number of ketones is 2. The van der Waals surface area contributed by atoms with E-state index < -0.39 is 125 Å². The average molecular weight is 1580 g/mol. The molecule has 2 aromatic rings. The maximum atomic E-state index is 14.7. The Balaban J connectivity index is 0.000000401. The fourth-order valence-corrected chi connectivity index (χ4v) is 17.3. The number of rotatable bonds is 44. The van der Waals surface area contributed by atoms with Crippen molar-refractivity contribution < 1.29 is 85.5 Å². The van der Waals surface area contributed by atoms with Crippen molar-refractivity contribution in [2.45, 2.75) is 285 Å². The highest BCUT2D eigenvalue weighted by molar-refractivity contribution is 5.92. The zero-order chi connectivity index (χ0) is 84.4. The molecule has 2 aliphatic heterocycles. The lowest BCUT2D eigenvalue weighted by Crippen LogP contribution is -2.55. The van der Waals surface area contributed by atoms with Gasteiger partial charge in [0.1, 0.15) is 29.3 Å². The summed E-state index contributed by atoms with van der Waals surface area (Å²) in [5.74, 6) is -7.03. The lowest BCUT2D eigenvalue weighted by Gasteiger charge is -2.41. The Labute approximate surface area is 666 Å². The fourth-order valence-electron chi connectivity index (χ4n) is 17.3. The van der Waals surface area contributed by atoms with E-state index in [9.17, 15) is 61.8 Å². The number of ether oxygens (including phenoxy) is 5. The van der Waals surface area contributed by atoms with Crippen molar-refractivity contribution in [1.82, 2.24) is 40.9 Å². The molecule has 4 aliphatic rings. The molecular formula is C86H138F2N8O16. The Morgan fingerprint density at radius 3 is 1.16 bits per heavy atom. The number of Topliss-reactive ketones (excluding diaryl/α,β-unsaturated/α-hetero) is 2. The third-order valence-corrected chi connectivity index (χ3v) is 24.3. The van der Waals surface area contributed by atoms with E-state index in [-0.39, 0.29) is 156 Å². The molecule has 24 nitrogen and oxygen atoms in total. The van der Waals surface area contributed by atoms with Gasteiger partial charge < -0.3 is 69.7 Å². The van der Waals surface area contributed by atoms with E-state index in [0.717, 1.165) is 25.7 Å². The van der Waals surface area contributed by atoms with Crippen LogP contribution in [0, 0.1) is 82.6 Å². The van der Waals surface area contributed by atoms with Gasteiger partial charge in [0.25, 0.3) is 0 Å². The first kappa shape index (κ1) is 95.7. The molecule has 0 spiro atoms. The largest absolute Gasteiger partial charge is 0.480 e. The topological polar surface area (TPSA) is 298 Å². The summed E-state index contributed by atoms with van der Waals surface area (Å²) in [5.41, 5.74) is -0.401. The standard InChI is InChI=1S/C45H73FN4O8.C41H65FN4O8/c1-15-27(6)40(49(12)43(54)31(25(2)3)23-36(51)39(47-11)26(4)5)37(56-13)24-38(52)50-34-21-30(34)22-35(50)41(57-14)28(7)42(53)48-33(44(55)58-45(8,9)10)20-29-18-16-17-19-32(29)46;1-12-24(6)37(45(9)40(50)28(22(2)3)20-33(47)36(43-8)23(4)5)34(53-10)21-35(48)46-31-18-27(31)19-32(46)38(54-11)25(7)39(49)44-30(41(51)52)17-26-15-13-14-16-29(26)42/h16-19,25-28,30-31,33-35,37,39-41,47H,15,20-24H2,1-14H3,(H,48,53);13-16,22-25,27-28,30-32,34,36-38,43H,12,17-21H2,1-11H3,(H,44,49)(H,51,52)/t27-,28+,30-,31-,33-,34-,35-,37+,39-,40-,41+;24-,25+,27-,28-,30-,31-,32-,34+,36-,37-,38+/m00/s1. The summed E-state index contributed by atoms with van der Waals surface area (Å²) < 4.78 is 58.7. The van der Waals surface area contributed by atoms with E-state index in [1.54, 1.807) is 111 Å². The van der Waals surface area contributed by atoms with Crippen molar-refractivity contribution in [1.29, 1.82) is 0 Å². The van der Waals surface area contributed by atoms with Gasteiger partial charge in [-0.15, -0.1) is 0 Å². The Kier molecular flexibility index (Phi) is 36.9. The molecule has 22 atom stereocenters. The number of fused-ring (bicyclic) bond motifs is 2. The molecule has 0 aromatic heterocycles. The minimum absolute atomic E-state index is 0.00249. The minimum atomic E-state index is -1.36. The third-order valence-electron chi connectivity index (χ3n) is 24.3. The molecule has 112 heavy (non-hydrogen) atoms. The summed E-state index contributed by atoms with van der Waals surface area (Å²) in [4.78, 5) is 144. The average Bonchev–Trinajstić information content (AvgIpc) is 1.59. The number of likely N-dealkylation sites (tertiary alicyclic amines) is 2. The summed E-state index contributed by atoms with van der Waals surface area (Å²) in [6.45, 7) is 32.4. The van der Waals surface area contributed by atoms with E-state index in [4.69, 9.17) is 23.7 Å². The Bertz CT molecular complexity index is 3460. The number of hydrogen-bond donors (Lipinski definition) is 5. The number of carboxylic acids is 1. The predicted molar refractivity (Wildman–Crippen MR) is 426 cm³/mol. The molecule has 0 radical (unpaired) electrons. The molecule has 0 bridgehead atoms. The Morgan fingerprint density at radius 2 is 0.866 bits per heavy atom. The first-order valence-electron chi connectivity index (χ1n) is 40.7. The van der Waals surface area contributed by atoms with Gasteiger partial charge in [-0.25, -0.2) is 18.4 Å². The van der Waals surface area contributed by atoms with Gasteiger partial charge in [0.05, 0.1) is 85.3 Å². The van der Waals surface area contributed by atoms with Crippen molar-refractivity contribution in [2.75, 3.05) is 56.6 Å². The van der Waals surface area contributed by atoms with Crippen molar-refractivity contribution in [2.24, 2.45) is 71.0 Å². The van der Waals surface area contributed by atoms with Crippen molar-refractivity contribution in [3.05, 3.63) is 71.3 Å². The summed E-state index contributed by atoms with van der Waals surface area (Å²) >= 11 is 0. The molecule has 2 heterocycles. The summed E-state index contributed by atoms with van der Waals surface area (Å²) in [5, 5.41) is 21.5. The summed E-state index contributed by atoms with van der Waals surface area (Å²) in [6.07, 6.45) is 1.54. The van der Waals surface area contributed by atoms with E-state index in [2.05, 4.69) is 21.3 Å². The highest BCUT2D eigenvalue weighted by atomic mass is 19.1. The van der Waals surface area contributed by atoms with Crippen molar-refractivity contribution in [3.8, 4) is 0 Å². The number of nitrogens with zero attached hydrogens (tertiary/aromatic N) is 4. The molecule has 6 amide bonds. The molecule has 2 saturated carbocycles. The second-order valence-corrected chi connectivity index (χ2v) is 34.6. The Morgan fingerprint density at radius 1 is 0.518 bits per heavy atom. The molecule has 26 heteroatoms. The number of aliphatic carboxylic acids is 1. The Hall–Kier alpha value is -6.84. The van der Waals surface area contributed by atoms with Crippen LogP contribution < -0.4 is 21.3 Å². The van der Waals surface area contributed by atoms with E-state index >= 15 is 0 Å². The van der Waals surface area contributed by atoms with Crippen molar-refractivity contribution in [3.63, 3.8) is 0 Å². The number of amides is 6. The number of nitrogens with one attached hydrogen (secondary N) is 4. The second kappa shape index (κ2) is 43.2.